The minimum absolute atomic E-state index is 0.00954. The number of Topliss-reactive ketones (excluding diaryl/α,β-unsaturated/α-hetero) is 1. The fourth-order valence-corrected chi connectivity index (χ4v) is 3.01. The van der Waals surface area contributed by atoms with Gasteiger partial charge in [-0.3, -0.25) is 14.4 Å². The quantitative estimate of drug-likeness (QED) is 0.563. The fourth-order valence-electron chi connectivity index (χ4n) is 3.01. The number of carbonyl (C=O) groups excluding carboxylic acids is 3. The fraction of sp³-hybridized carbons (Fsp3) is 0.250. The zero-order chi connectivity index (χ0) is 20.4. The number of hydrogen-bond donors (Lipinski definition) is 2. The van der Waals surface area contributed by atoms with Crippen molar-refractivity contribution in [1.82, 2.24) is 4.90 Å². The number of amides is 2. The molecule has 28 heavy (non-hydrogen) atoms. The van der Waals surface area contributed by atoms with Gasteiger partial charge in [-0.25, -0.2) is 4.39 Å². The zero-order valence-corrected chi connectivity index (χ0v) is 15.4. The van der Waals surface area contributed by atoms with Gasteiger partial charge >= 0.3 is 0 Å². The van der Waals surface area contributed by atoms with Crippen molar-refractivity contribution < 1.29 is 28.3 Å². The minimum atomic E-state index is -0.582. The Kier molecular flexibility index (Phi) is 5.30. The Balaban J connectivity index is 1.81. The number of hydrogen-bond acceptors (Lipinski definition) is 5. The van der Waals surface area contributed by atoms with Gasteiger partial charge in [0.15, 0.2) is 11.5 Å². The molecule has 0 radical (unpaired) electrons. The molecule has 3 rings (SSSR count). The number of aliphatic hydroxyl groups excluding tert-OH is 1. The van der Waals surface area contributed by atoms with Gasteiger partial charge in [-0.05, 0) is 43.7 Å². The van der Waals surface area contributed by atoms with Gasteiger partial charge in [0.2, 0.25) is 12.2 Å². The first-order chi connectivity index (χ1) is 13.3. The maximum Gasteiger partial charge on any atom is 0.289 e. The van der Waals surface area contributed by atoms with Crippen molar-refractivity contribution in [2.24, 2.45) is 0 Å². The van der Waals surface area contributed by atoms with Crippen LogP contribution in [-0.2, 0) is 16.0 Å². The van der Waals surface area contributed by atoms with E-state index in [1.54, 1.807) is 19.9 Å². The van der Waals surface area contributed by atoms with Crippen molar-refractivity contribution in [2.45, 2.75) is 26.3 Å². The maximum absolute atomic E-state index is 13.4. The molecule has 2 amide bonds. The summed E-state index contributed by atoms with van der Waals surface area (Å²) >= 11 is 0. The average molecular weight is 386 g/mol. The molecule has 1 aliphatic heterocycles. The van der Waals surface area contributed by atoms with Crippen LogP contribution in [0.2, 0.25) is 0 Å². The van der Waals surface area contributed by atoms with E-state index in [2.05, 4.69) is 5.32 Å². The molecule has 2 aromatic rings. The molecule has 2 N–H and O–H groups in total. The Morgan fingerprint density at radius 3 is 2.75 bits per heavy atom. The van der Waals surface area contributed by atoms with Crippen LogP contribution in [0, 0.1) is 5.82 Å². The van der Waals surface area contributed by atoms with E-state index in [0.717, 1.165) is 0 Å². The number of carbonyl (C=O) groups is 3. The standard InChI is InChI=1S/C20H19FN2O5/c1-11(2)23-9-15(19(26)20(23)27)18(25)17-6-5-14(28-17)7-12-3-4-13(21)8-16(12)22-10-24/h3-6,8,10-11,26H,7,9H2,1-2H3,(H,22,24). The van der Waals surface area contributed by atoms with Crippen LogP contribution < -0.4 is 5.32 Å². The van der Waals surface area contributed by atoms with Crippen LogP contribution in [-0.4, -0.2) is 40.7 Å². The second kappa shape index (κ2) is 7.67. The summed E-state index contributed by atoms with van der Waals surface area (Å²) in [7, 11) is 0. The highest BCUT2D eigenvalue weighted by Crippen LogP contribution is 2.26. The molecule has 0 bridgehead atoms. The van der Waals surface area contributed by atoms with Crippen molar-refractivity contribution in [2.75, 3.05) is 11.9 Å². The van der Waals surface area contributed by atoms with E-state index in [1.165, 1.54) is 29.2 Å². The van der Waals surface area contributed by atoms with Gasteiger partial charge in [-0.15, -0.1) is 0 Å². The van der Waals surface area contributed by atoms with Crippen LogP contribution in [0.4, 0.5) is 10.1 Å². The molecular formula is C20H19FN2O5. The summed E-state index contributed by atoms with van der Waals surface area (Å²) in [6, 6.07) is 6.83. The number of ketones is 1. The molecule has 0 spiro atoms. The molecule has 146 valence electrons. The summed E-state index contributed by atoms with van der Waals surface area (Å²) in [6.07, 6.45) is 0.661. The van der Waals surface area contributed by atoms with Crippen LogP contribution in [0.25, 0.3) is 0 Å². The third-order valence-corrected chi connectivity index (χ3v) is 4.51. The molecule has 0 aliphatic carbocycles. The number of anilines is 1. The molecule has 2 heterocycles. The third kappa shape index (κ3) is 3.66. The van der Waals surface area contributed by atoms with E-state index in [9.17, 15) is 23.9 Å². The molecule has 0 saturated heterocycles. The smallest absolute Gasteiger partial charge is 0.289 e. The summed E-state index contributed by atoms with van der Waals surface area (Å²) in [6.45, 7) is 3.59. The number of halogens is 1. The largest absolute Gasteiger partial charge is 0.503 e. The van der Waals surface area contributed by atoms with Gasteiger partial charge in [-0.1, -0.05) is 6.07 Å². The van der Waals surface area contributed by atoms with Crippen LogP contribution in [0.5, 0.6) is 0 Å². The van der Waals surface area contributed by atoms with Crippen LogP contribution >= 0.6 is 0 Å². The lowest BCUT2D eigenvalue weighted by Crippen LogP contribution is -2.34. The van der Waals surface area contributed by atoms with E-state index in [-0.39, 0.29) is 30.3 Å². The van der Waals surface area contributed by atoms with E-state index < -0.39 is 23.3 Å². The van der Waals surface area contributed by atoms with Crippen molar-refractivity contribution in [3.63, 3.8) is 0 Å². The lowest BCUT2D eigenvalue weighted by atomic mass is 10.1. The molecule has 0 saturated carbocycles. The number of rotatable bonds is 7. The van der Waals surface area contributed by atoms with E-state index in [1.807, 2.05) is 0 Å². The summed E-state index contributed by atoms with van der Waals surface area (Å²) in [5.74, 6) is -1.80. The van der Waals surface area contributed by atoms with E-state index in [0.29, 0.717) is 23.4 Å². The number of nitrogens with zero attached hydrogens (tertiary/aromatic N) is 1. The predicted octanol–water partition coefficient (Wildman–Crippen LogP) is 2.82. The number of furan rings is 1. The number of benzene rings is 1. The predicted molar refractivity (Wildman–Crippen MR) is 98.4 cm³/mol. The van der Waals surface area contributed by atoms with Crippen molar-refractivity contribution in [3.8, 4) is 0 Å². The second-order valence-electron chi connectivity index (χ2n) is 6.69. The molecular weight excluding hydrogens is 367 g/mol. The highest BCUT2D eigenvalue weighted by atomic mass is 19.1. The normalized spacial score (nSPS) is 14.1. The van der Waals surface area contributed by atoms with Crippen molar-refractivity contribution in [1.29, 1.82) is 0 Å². The average Bonchev–Trinajstić information content (AvgIpc) is 3.23. The topological polar surface area (TPSA) is 99.8 Å². The molecule has 1 aromatic carbocycles. The van der Waals surface area contributed by atoms with Gasteiger partial charge in [-0.2, -0.15) is 0 Å². The monoisotopic (exact) mass is 386 g/mol. The molecule has 0 fully saturated rings. The highest BCUT2D eigenvalue weighted by Gasteiger charge is 2.36. The van der Waals surface area contributed by atoms with Crippen molar-refractivity contribution in [3.05, 3.63) is 64.6 Å². The molecule has 8 heteroatoms. The summed E-state index contributed by atoms with van der Waals surface area (Å²) < 4.78 is 18.9. The van der Waals surface area contributed by atoms with Gasteiger partial charge in [0, 0.05) is 18.2 Å². The number of nitrogens with one attached hydrogen (secondary N) is 1. The zero-order valence-electron chi connectivity index (χ0n) is 15.4. The Morgan fingerprint density at radius 2 is 2.11 bits per heavy atom. The highest BCUT2D eigenvalue weighted by molar-refractivity contribution is 6.14. The molecule has 1 aliphatic rings. The first-order valence-corrected chi connectivity index (χ1v) is 8.67. The second-order valence-corrected chi connectivity index (χ2v) is 6.69. The van der Waals surface area contributed by atoms with Gasteiger partial charge in [0.05, 0.1) is 12.1 Å². The molecule has 0 unspecified atom stereocenters. The SMILES string of the molecule is CC(C)N1CC(C(=O)c2ccc(Cc3ccc(F)cc3NC=O)o2)=C(O)C1=O. The first kappa shape index (κ1) is 19.3. The van der Waals surface area contributed by atoms with Gasteiger partial charge < -0.3 is 19.7 Å². The molecule has 0 atom stereocenters. The van der Waals surface area contributed by atoms with Crippen LogP contribution in [0.3, 0.4) is 0 Å². The molecule has 1 aromatic heterocycles. The van der Waals surface area contributed by atoms with E-state index >= 15 is 0 Å². The lowest BCUT2D eigenvalue weighted by Gasteiger charge is -2.20. The maximum atomic E-state index is 13.4. The molecule has 7 nitrogen and oxygen atoms in total. The summed E-state index contributed by atoms with van der Waals surface area (Å²) in [5, 5.41) is 12.4. The van der Waals surface area contributed by atoms with Crippen LogP contribution in [0.1, 0.15) is 35.7 Å². The summed E-state index contributed by atoms with van der Waals surface area (Å²) in [4.78, 5) is 36.8. The Morgan fingerprint density at radius 1 is 1.36 bits per heavy atom. The minimum Gasteiger partial charge on any atom is -0.503 e. The van der Waals surface area contributed by atoms with Gasteiger partial charge in [0.25, 0.3) is 5.91 Å². The Labute approximate surface area is 160 Å². The number of aliphatic hydroxyl groups is 1. The Hall–Kier alpha value is -3.42. The summed E-state index contributed by atoms with van der Waals surface area (Å²) in [5.41, 5.74) is 0.893. The first-order valence-electron chi connectivity index (χ1n) is 8.67. The van der Waals surface area contributed by atoms with Crippen molar-refractivity contribution >= 4 is 23.8 Å². The van der Waals surface area contributed by atoms with Gasteiger partial charge in [0.1, 0.15) is 11.6 Å². The lowest BCUT2D eigenvalue weighted by molar-refractivity contribution is -0.129. The third-order valence-electron chi connectivity index (χ3n) is 4.51. The Bertz CT molecular complexity index is 977. The van der Waals surface area contributed by atoms with Crippen LogP contribution in [0.15, 0.2) is 46.1 Å². The van der Waals surface area contributed by atoms with E-state index in [4.69, 9.17) is 4.42 Å².